The lowest BCUT2D eigenvalue weighted by Crippen LogP contribution is -2.31. The normalized spacial score (nSPS) is 31.5. The Morgan fingerprint density at radius 1 is 1.00 bits per heavy atom. The molecule has 2 aliphatic rings. The SMILES string of the molecule is C1CC([SiH]2CCC2)C1. The molecular weight excluding hydrogens is 112 g/mol. The molecule has 1 aliphatic heterocycles. The van der Waals surface area contributed by atoms with Crippen molar-refractivity contribution in [3.05, 3.63) is 0 Å². The molecule has 1 heterocycles. The highest BCUT2D eigenvalue weighted by Gasteiger charge is 2.31. The maximum Gasteiger partial charge on any atom is 0.0398 e. The van der Waals surface area contributed by atoms with Gasteiger partial charge in [-0.1, -0.05) is 37.8 Å². The highest BCUT2D eigenvalue weighted by atomic mass is 28.3. The lowest BCUT2D eigenvalue weighted by Gasteiger charge is -2.38. The number of rotatable bonds is 1. The summed E-state index contributed by atoms with van der Waals surface area (Å²) in [4.78, 5) is 0. The van der Waals surface area contributed by atoms with Crippen LogP contribution in [0.3, 0.4) is 0 Å². The molecule has 0 N–H and O–H groups in total. The van der Waals surface area contributed by atoms with Crippen molar-refractivity contribution in [1.82, 2.24) is 0 Å². The summed E-state index contributed by atoms with van der Waals surface area (Å²) in [5, 5.41) is 0. The standard InChI is InChI=1S/C7H14Si/c1-3-7(4-1)8-5-2-6-8/h7-8H,1-6H2. The van der Waals surface area contributed by atoms with Crippen molar-refractivity contribution < 1.29 is 0 Å². The van der Waals surface area contributed by atoms with Crippen LogP contribution in [-0.2, 0) is 0 Å². The van der Waals surface area contributed by atoms with Crippen LogP contribution in [0.15, 0.2) is 0 Å². The predicted octanol–water partition coefficient (Wildman–Crippen LogP) is 2.17. The molecule has 2 fully saturated rings. The van der Waals surface area contributed by atoms with Gasteiger partial charge in [0.05, 0.1) is 0 Å². The van der Waals surface area contributed by atoms with E-state index in [1.54, 1.807) is 37.8 Å². The predicted molar refractivity (Wildman–Crippen MR) is 39.0 cm³/mol. The Hall–Kier alpha value is 0.217. The maximum absolute atomic E-state index is 1.70. The zero-order valence-electron chi connectivity index (χ0n) is 5.40. The van der Waals surface area contributed by atoms with Crippen LogP contribution in [0.25, 0.3) is 0 Å². The topological polar surface area (TPSA) is 0 Å². The van der Waals surface area contributed by atoms with Crippen molar-refractivity contribution >= 4 is 8.80 Å². The molecule has 0 radical (unpaired) electrons. The third-order valence-corrected chi connectivity index (χ3v) is 7.27. The summed E-state index contributed by atoms with van der Waals surface area (Å²) in [5.41, 5.74) is 1.32. The lowest BCUT2D eigenvalue weighted by atomic mass is 10.00. The van der Waals surface area contributed by atoms with E-state index in [9.17, 15) is 0 Å². The first-order valence-electron chi connectivity index (χ1n) is 3.97. The molecule has 0 amide bonds. The fourth-order valence-corrected chi connectivity index (χ4v) is 5.06. The lowest BCUT2D eigenvalue weighted by molar-refractivity contribution is 0.482. The molecule has 0 atom stereocenters. The second-order valence-electron chi connectivity index (χ2n) is 3.38. The third kappa shape index (κ3) is 0.643. The molecule has 0 aromatic rings. The van der Waals surface area contributed by atoms with Crippen molar-refractivity contribution in [3.63, 3.8) is 0 Å². The monoisotopic (exact) mass is 126 g/mol. The fraction of sp³-hybridized carbons (Fsp3) is 1.00. The van der Waals surface area contributed by atoms with Gasteiger partial charge in [0.1, 0.15) is 0 Å². The third-order valence-electron chi connectivity index (χ3n) is 2.97. The molecule has 8 heavy (non-hydrogen) atoms. The van der Waals surface area contributed by atoms with E-state index in [-0.39, 0.29) is 8.80 Å². The van der Waals surface area contributed by atoms with Crippen molar-refractivity contribution in [2.75, 3.05) is 0 Å². The molecule has 1 heteroatoms. The van der Waals surface area contributed by atoms with E-state index >= 15 is 0 Å². The van der Waals surface area contributed by atoms with E-state index < -0.39 is 0 Å². The summed E-state index contributed by atoms with van der Waals surface area (Å²) in [6.07, 6.45) is 6.40. The van der Waals surface area contributed by atoms with Crippen LogP contribution in [0.4, 0.5) is 0 Å². The Bertz CT molecular complexity index is 70.4. The molecule has 1 saturated heterocycles. The first kappa shape index (κ1) is 5.04. The van der Waals surface area contributed by atoms with Crippen LogP contribution >= 0.6 is 0 Å². The van der Waals surface area contributed by atoms with Crippen LogP contribution in [0.5, 0.6) is 0 Å². The Balaban J connectivity index is 1.79. The zero-order chi connectivity index (χ0) is 5.40. The minimum absolute atomic E-state index is 0.00810. The van der Waals surface area contributed by atoms with Crippen molar-refractivity contribution in [1.29, 1.82) is 0 Å². The van der Waals surface area contributed by atoms with E-state index in [4.69, 9.17) is 0 Å². The quantitative estimate of drug-likeness (QED) is 0.472. The first-order chi connectivity index (χ1) is 3.97. The van der Waals surface area contributed by atoms with Gasteiger partial charge in [0, 0.05) is 8.80 Å². The molecule has 0 aromatic carbocycles. The van der Waals surface area contributed by atoms with Crippen LogP contribution in [0, 0.1) is 0 Å². The molecule has 0 unspecified atom stereocenters. The van der Waals surface area contributed by atoms with Crippen LogP contribution in [-0.4, -0.2) is 8.80 Å². The Kier molecular flexibility index (Phi) is 1.18. The van der Waals surface area contributed by atoms with Crippen molar-refractivity contribution in [2.24, 2.45) is 0 Å². The van der Waals surface area contributed by atoms with E-state index in [2.05, 4.69) is 0 Å². The summed E-state index contributed by atoms with van der Waals surface area (Å²) in [5.74, 6) is 0. The summed E-state index contributed by atoms with van der Waals surface area (Å²) < 4.78 is 0. The van der Waals surface area contributed by atoms with Gasteiger partial charge in [-0.2, -0.15) is 0 Å². The van der Waals surface area contributed by atoms with E-state index in [0.29, 0.717) is 0 Å². The van der Waals surface area contributed by atoms with E-state index in [1.807, 2.05) is 0 Å². The molecule has 2 rings (SSSR count). The van der Waals surface area contributed by atoms with E-state index in [0.717, 1.165) is 0 Å². The highest BCUT2D eigenvalue weighted by Crippen LogP contribution is 2.42. The van der Waals surface area contributed by atoms with Gasteiger partial charge >= 0.3 is 0 Å². The molecular formula is C7H14Si. The molecule has 1 aliphatic carbocycles. The summed E-state index contributed by atoms with van der Waals surface area (Å²) in [6.45, 7) is 0. The van der Waals surface area contributed by atoms with Gasteiger partial charge in [0.15, 0.2) is 0 Å². The highest BCUT2D eigenvalue weighted by molar-refractivity contribution is 6.63. The summed E-state index contributed by atoms with van der Waals surface area (Å²) in [6, 6.07) is 3.40. The Morgan fingerprint density at radius 2 is 1.75 bits per heavy atom. The van der Waals surface area contributed by atoms with Gasteiger partial charge in [-0.3, -0.25) is 0 Å². The average molecular weight is 126 g/mol. The van der Waals surface area contributed by atoms with Crippen molar-refractivity contribution in [2.45, 2.75) is 43.3 Å². The van der Waals surface area contributed by atoms with Gasteiger partial charge < -0.3 is 0 Å². The van der Waals surface area contributed by atoms with Gasteiger partial charge in [-0.25, -0.2) is 0 Å². The minimum Gasteiger partial charge on any atom is -0.0600 e. The van der Waals surface area contributed by atoms with Gasteiger partial charge in [-0.15, -0.1) is 0 Å². The average Bonchev–Trinajstić information content (AvgIpc) is 1.47. The molecule has 0 spiro atoms. The van der Waals surface area contributed by atoms with Crippen LogP contribution < -0.4 is 0 Å². The van der Waals surface area contributed by atoms with Crippen LogP contribution in [0.1, 0.15) is 25.7 Å². The Labute approximate surface area is 52.9 Å². The number of hydrogen-bond donors (Lipinski definition) is 0. The van der Waals surface area contributed by atoms with Gasteiger partial charge in [0.2, 0.25) is 0 Å². The van der Waals surface area contributed by atoms with Gasteiger partial charge in [-0.05, 0) is 5.54 Å². The minimum atomic E-state index is -0.00810. The smallest absolute Gasteiger partial charge is 0.0398 e. The van der Waals surface area contributed by atoms with E-state index in [1.165, 1.54) is 5.54 Å². The summed E-state index contributed by atoms with van der Waals surface area (Å²) in [7, 11) is -0.00810. The number of hydrogen-bond acceptors (Lipinski definition) is 0. The molecule has 0 aromatic heterocycles. The first-order valence-corrected chi connectivity index (χ1v) is 6.27. The van der Waals surface area contributed by atoms with Gasteiger partial charge in [0.25, 0.3) is 0 Å². The fourth-order valence-electron chi connectivity index (χ4n) is 1.82. The van der Waals surface area contributed by atoms with Crippen LogP contribution in [0.2, 0.25) is 17.6 Å². The maximum atomic E-state index is 1.70. The molecule has 0 nitrogen and oxygen atoms in total. The largest absolute Gasteiger partial charge is 0.0600 e. The zero-order valence-corrected chi connectivity index (χ0v) is 6.55. The molecule has 0 bridgehead atoms. The molecule has 46 valence electrons. The molecule has 1 saturated carbocycles. The second kappa shape index (κ2) is 1.87. The summed E-state index contributed by atoms with van der Waals surface area (Å²) >= 11 is 0. The second-order valence-corrected chi connectivity index (χ2v) is 7.00. The van der Waals surface area contributed by atoms with Crippen molar-refractivity contribution in [3.8, 4) is 0 Å². The Morgan fingerprint density at radius 3 is 1.88 bits per heavy atom.